The zero-order valence-electron chi connectivity index (χ0n) is 18.3. The molecule has 0 saturated carbocycles. The number of halogens is 1. The van der Waals surface area contributed by atoms with Crippen molar-refractivity contribution in [3.8, 4) is 5.75 Å². The van der Waals surface area contributed by atoms with E-state index >= 15 is 0 Å². The Balaban J connectivity index is 1.52. The number of nitrogens with one attached hydrogen (secondary N) is 1. The van der Waals surface area contributed by atoms with Gasteiger partial charge in [0.15, 0.2) is 0 Å². The van der Waals surface area contributed by atoms with Gasteiger partial charge in [-0.05, 0) is 57.3 Å². The fraction of sp³-hybridized carbons (Fsp3) is 0.333. The van der Waals surface area contributed by atoms with E-state index in [-0.39, 0.29) is 11.9 Å². The van der Waals surface area contributed by atoms with Crippen molar-refractivity contribution in [3.05, 3.63) is 81.7 Å². The van der Waals surface area contributed by atoms with Crippen LogP contribution in [0.4, 0.5) is 0 Å². The summed E-state index contributed by atoms with van der Waals surface area (Å²) in [5, 5.41) is 7.65. The van der Waals surface area contributed by atoms with Gasteiger partial charge < -0.3 is 19.5 Å². The van der Waals surface area contributed by atoms with Gasteiger partial charge in [0.05, 0.1) is 23.7 Å². The molecule has 3 aromatic rings. The van der Waals surface area contributed by atoms with Crippen LogP contribution in [0.2, 0.25) is 5.02 Å². The summed E-state index contributed by atoms with van der Waals surface area (Å²) in [6, 6.07) is 15.2. The van der Waals surface area contributed by atoms with E-state index in [1.54, 1.807) is 0 Å². The van der Waals surface area contributed by atoms with Crippen molar-refractivity contribution in [1.82, 2.24) is 15.4 Å². The Hall–Kier alpha value is -2.83. The highest BCUT2D eigenvalue weighted by Crippen LogP contribution is 2.25. The van der Waals surface area contributed by atoms with Gasteiger partial charge in [-0.15, -0.1) is 0 Å². The van der Waals surface area contributed by atoms with Crippen molar-refractivity contribution in [2.24, 2.45) is 0 Å². The normalized spacial score (nSPS) is 12.1. The van der Waals surface area contributed by atoms with Gasteiger partial charge in [-0.25, -0.2) is 0 Å². The van der Waals surface area contributed by atoms with Gasteiger partial charge in [-0.2, -0.15) is 0 Å². The van der Waals surface area contributed by atoms with E-state index in [1.165, 1.54) is 0 Å². The Labute approximate surface area is 188 Å². The number of likely N-dealkylation sites (N-methyl/N-ethyl adjacent to an activating group) is 1. The van der Waals surface area contributed by atoms with Crippen LogP contribution < -0.4 is 10.1 Å². The van der Waals surface area contributed by atoms with Crippen molar-refractivity contribution in [1.29, 1.82) is 0 Å². The van der Waals surface area contributed by atoms with Crippen molar-refractivity contribution in [2.75, 3.05) is 20.6 Å². The van der Waals surface area contributed by atoms with Crippen molar-refractivity contribution < 1.29 is 14.1 Å². The molecule has 31 heavy (non-hydrogen) atoms. The Morgan fingerprint density at radius 2 is 1.87 bits per heavy atom. The first-order valence-corrected chi connectivity index (χ1v) is 10.5. The third kappa shape index (κ3) is 6.09. The summed E-state index contributed by atoms with van der Waals surface area (Å²) >= 11 is 6.34. The van der Waals surface area contributed by atoms with Gasteiger partial charge in [0.1, 0.15) is 18.1 Å². The number of benzene rings is 2. The second-order valence-electron chi connectivity index (χ2n) is 7.72. The molecule has 1 heterocycles. The first kappa shape index (κ1) is 22.8. The first-order chi connectivity index (χ1) is 14.8. The highest BCUT2D eigenvalue weighted by molar-refractivity contribution is 6.31. The number of nitrogens with zero attached hydrogens (tertiary/aromatic N) is 2. The number of aromatic nitrogens is 1. The molecule has 1 aromatic heterocycles. The van der Waals surface area contributed by atoms with Crippen LogP contribution >= 0.6 is 11.6 Å². The predicted molar refractivity (Wildman–Crippen MR) is 121 cm³/mol. The fourth-order valence-corrected chi connectivity index (χ4v) is 3.60. The third-order valence-electron chi connectivity index (χ3n) is 5.23. The maximum Gasteiger partial charge on any atom is 0.224 e. The summed E-state index contributed by atoms with van der Waals surface area (Å²) in [5.41, 5.74) is 3.70. The number of aryl methyl sites for hydroxylation is 2. The van der Waals surface area contributed by atoms with E-state index in [0.717, 1.165) is 33.9 Å². The van der Waals surface area contributed by atoms with Crippen LogP contribution in [0.25, 0.3) is 0 Å². The molecule has 0 aliphatic rings. The molecular formula is C24H28ClN3O3. The molecule has 0 saturated heterocycles. The number of carbonyl (C=O) groups is 1. The molecule has 0 radical (unpaired) electrons. The van der Waals surface area contributed by atoms with Gasteiger partial charge >= 0.3 is 0 Å². The summed E-state index contributed by atoms with van der Waals surface area (Å²) in [4.78, 5) is 14.5. The maximum absolute atomic E-state index is 12.5. The minimum absolute atomic E-state index is 0.00208. The largest absolute Gasteiger partial charge is 0.489 e. The van der Waals surface area contributed by atoms with Crippen LogP contribution in [0.15, 0.2) is 53.1 Å². The van der Waals surface area contributed by atoms with Crippen LogP contribution in [0, 0.1) is 13.8 Å². The average molecular weight is 442 g/mol. The minimum atomic E-state index is -0.0386. The van der Waals surface area contributed by atoms with Crippen molar-refractivity contribution >= 4 is 17.5 Å². The van der Waals surface area contributed by atoms with E-state index in [2.05, 4.69) is 10.5 Å². The number of hydrogen-bond donors (Lipinski definition) is 1. The van der Waals surface area contributed by atoms with E-state index < -0.39 is 0 Å². The number of amides is 1. The highest BCUT2D eigenvalue weighted by atomic mass is 35.5. The molecule has 1 unspecified atom stereocenters. The molecule has 0 aliphatic carbocycles. The minimum Gasteiger partial charge on any atom is -0.489 e. The highest BCUT2D eigenvalue weighted by Gasteiger charge is 2.18. The molecule has 0 fully saturated rings. The zero-order valence-corrected chi connectivity index (χ0v) is 19.1. The number of carbonyl (C=O) groups excluding carboxylic acids is 1. The Morgan fingerprint density at radius 3 is 2.48 bits per heavy atom. The molecule has 7 heteroatoms. The first-order valence-electron chi connectivity index (χ1n) is 10.2. The van der Waals surface area contributed by atoms with Gasteiger partial charge in [0.2, 0.25) is 5.91 Å². The van der Waals surface area contributed by atoms with Crippen LogP contribution in [-0.4, -0.2) is 36.6 Å². The lowest BCUT2D eigenvalue weighted by Gasteiger charge is -2.26. The van der Waals surface area contributed by atoms with Gasteiger partial charge in [-0.3, -0.25) is 4.79 Å². The standard InChI is InChI=1S/C24H28ClN3O3/c1-16-21(17(2)31-27-16)15-30-19-11-9-18(10-12-19)13-24(29)26-14-23(28(3)4)20-7-5-6-8-22(20)25/h5-12,23H,13-15H2,1-4H3,(H,26,29). The van der Waals surface area contributed by atoms with Crippen molar-refractivity contribution in [3.63, 3.8) is 0 Å². The molecule has 0 bridgehead atoms. The number of rotatable bonds is 9. The maximum atomic E-state index is 12.5. The molecule has 1 amide bonds. The molecule has 0 spiro atoms. The Bertz CT molecular complexity index is 996. The smallest absolute Gasteiger partial charge is 0.224 e. The monoisotopic (exact) mass is 441 g/mol. The van der Waals surface area contributed by atoms with E-state index in [4.69, 9.17) is 20.9 Å². The van der Waals surface area contributed by atoms with Crippen LogP contribution in [0.5, 0.6) is 5.75 Å². The molecule has 1 atom stereocenters. The Kier molecular flexibility index (Phi) is 7.71. The lowest BCUT2D eigenvalue weighted by molar-refractivity contribution is -0.120. The lowest BCUT2D eigenvalue weighted by Crippen LogP contribution is -2.35. The SMILES string of the molecule is Cc1noc(C)c1COc1ccc(CC(=O)NCC(c2ccccc2Cl)N(C)C)cc1. The molecule has 2 aromatic carbocycles. The zero-order chi connectivity index (χ0) is 22.4. The van der Waals surface area contributed by atoms with E-state index in [9.17, 15) is 4.79 Å². The average Bonchev–Trinajstić information content (AvgIpc) is 3.06. The number of hydrogen-bond acceptors (Lipinski definition) is 5. The molecule has 6 nitrogen and oxygen atoms in total. The Morgan fingerprint density at radius 1 is 1.16 bits per heavy atom. The van der Waals surface area contributed by atoms with Gasteiger partial charge in [0.25, 0.3) is 0 Å². The van der Waals surface area contributed by atoms with E-state index in [1.807, 2.05) is 81.4 Å². The quantitative estimate of drug-likeness (QED) is 0.530. The molecular weight excluding hydrogens is 414 g/mol. The van der Waals surface area contributed by atoms with Crippen LogP contribution in [-0.2, 0) is 17.8 Å². The molecule has 0 aliphatic heterocycles. The van der Waals surface area contributed by atoms with Crippen molar-refractivity contribution in [2.45, 2.75) is 32.9 Å². The summed E-state index contributed by atoms with van der Waals surface area (Å²) in [5.74, 6) is 1.46. The van der Waals surface area contributed by atoms with Gasteiger partial charge in [-0.1, -0.05) is 47.1 Å². The fourth-order valence-electron chi connectivity index (χ4n) is 3.34. The van der Waals surface area contributed by atoms with Crippen LogP contribution in [0.3, 0.4) is 0 Å². The predicted octanol–water partition coefficient (Wildman–Crippen LogP) is 4.49. The lowest BCUT2D eigenvalue weighted by atomic mass is 10.1. The number of ether oxygens (including phenoxy) is 1. The second-order valence-corrected chi connectivity index (χ2v) is 8.12. The summed E-state index contributed by atoms with van der Waals surface area (Å²) in [7, 11) is 3.95. The molecule has 1 N–H and O–H groups in total. The molecule has 164 valence electrons. The summed E-state index contributed by atoms with van der Waals surface area (Å²) in [6.45, 7) is 4.64. The molecule has 3 rings (SSSR count). The van der Waals surface area contributed by atoms with Gasteiger partial charge in [0, 0.05) is 11.6 Å². The summed E-state index contributed by atoms with van der Waals surface area (Å²) in [6.07, 6.45) is 0.298. The topological polar surface area (TPSA) is 67.6 Å². The van der Waals surface area contributed by atoms with E-state index in [0.29, 0.717) is 24.6 Å². The third-order valence-corrected chi connectivity index (χ3v) is 5.58. The van der Waals surface area contributed by atoms with Crippen LogP contribution in [0.1, 0.15) is 34.2 Å². The second kappa shape index (κ2) is 10.5. The summed E-state index contributed by atoms with van der Waals surface area (Å²) < 4.78 is 11.0.